The number of aryl methyl sites for hydroxylation is 2. The summed E-state index contributed by atoms with van der Waals surface area (Å²) in [5, 5.41) is 10.1. The number of aliphatic hydroxyl groups excluding tert-OH is 1. The highest BCUT2D eigenvalue weighted by atomic mass is 32.1. The van der Waals surface area contributed by atoms with E-state index in [-0.39, 0.29) is 6.10 Å². The lowest BCUT2D eigenvalue weighted by Crippen LogP contribution is -2.09. The van der Waals surface area contributed by atoms with E-state index in [4.69, 9.17) is 4.74 Å². The molecule has 0 aliphatic heterocycles. The maximum absolute atomic E-state index is 10.1. The monoisotopic (exact) mass is 288 g/mol. The zero-order valence-electron chi connectivity index (χ0n) is 11.8. The van der Waals surface area contributed by atoms with Crippen molar-refractivity contribution in [1.29, 1.82) is 0 Å². The van der Waals surface area contributed by atoms with Crippen LogP contribution in [0.5, 0.6) is 5.75 Å². The van der Waals surface area contributed by atoms with E-state index in [1.807, 2.05) is 23.5 Å². The SMILES string of the molecule is CCc1ccc(COc2ccc3c(c2)[C@@H](O)CCC3)s1. The van der Waals surface area contributed by atoms with Crippen LogP contribution in [0, 0.1) is 0 Å². The summed E-state index contributed by atoms with van der Waals surface area (Å²) in [5.41, 5.74) is 2.31. The van der Waals surface area contributed by atoms with Crippen molar-refractivity contribution in [1.82, 2.24) is 0 Å². The molecule has 0 bridgehead atoms. The van der Waals surface area contributed by atoms with Crippen LogP contribution in [0.2, 0.25) is 0 Å². The Balaban J connectivity index is 1.70. The van der Waals surface area contributed by atoms with Crippen LogP contribution in [-0.4, -0.2) is 5.11 Å². The van der Waals surface area contributed by atoms with E-state index >= 15 is 0 Å². The molecular weight excluding hydrogens is 268 g/mol. The molecule has 1 aliphatic carbocycles. The van der Waals surface area contributed by atoms with Crippen molar-refractivity contribution in [3.8, 4) is 5.75 Å². The molecule has 0 radical (unpaired) electrons. The Bertz CT molecular complexity index is 588. The Morgan fingerprint density at radius 2 is 2.10 bits per heavy atom. The number of hydrogen-bond acceptors (Lipinski definition) is 3. The minimum absolute atomic E-state index is 0.323. The highest BCUT2D eigenvalue weighted by Gasteiger charge is 2.18. The van der Waals surface area contributed by atoms with Gasteiger partial charge in [-0.25, -0.2) is 0 Å². The maximum atomic E-state index is 10.1. The fourth-order valence-corrected chi connectivity index (χ4v) is 3.56. The average Bonchev–Trinajstić information content (AvgIpc) is 2.94. The summed E-state index contributed by atoms with van der Waals surface area (Å²) < 4.78 is 5.86. The van der Waals surface area contributed by atoms with Crippen LogP contribution in [0.25, 0.3) is 0 Å². The third-order valence-corrected chi connectivity index (χ3v) is 5.05. The van der Waals surface area contributed by atoms with Crippen LogP contribution in [0.3, 0.4) is 0 Å². The van der Waals surface area contributed by atoms with Gasteiger partial charge in [0, 0.05) is 9.75 Å². The Kier molecular flexibility index (Phi) is 4.08. The van der Waals surface area contributed by atoms with Crippen LogP contribution in [0.1, 0.15) is 46.8 Å². The lowest BCUT2D eigenvalue weighted by atomic mass is 9.89. The molecule has 1 aromatic heterocycles. The molecule has 0 saturated heterocycles. The largest absolute Gasteiger partial charge is 0.488 e. The first kappa shape index (κ1) is 13.7. The third kappa shape index (κ3) is 2.89. The van der Waals surface area contributed by atoms with Crippen molar-refractivity contribution in [2.75, 3.05) is 0 Å². The first-order valence-corrected chi connectivity index (χ1v) is 8.09. The van der Waals surface area contributed by atoms with E-state index in [0.717, 1.165) is 37.0 Å². The zero-order valence-corrected chi connectivity index (χ0v) is 12.6. The molecule has 106 valence electrons. The second kappa shape index (κ2) is 5.98. The van der Waals surface area contributed by atoms with E-state index in [1.165, 1.54) is 15.3 Å². The molecule has 2 aromatic rings. The molecule has 1 atom stereocenters. The second-order valence-corrected chi connectivity index (χ2v) is 6.53. The number of fused-ring (bicyclic) bond motifs is 1. The predicted octanol–water partition coefficient (Wildman–Crippen LogP) is 4.26. The summed E-state index contributed by atoms with van der Waals surface area (Å²) in [6.45, 7) is 2.78. The molecule has 1 aliphatic rings. The highest BCUT2D eigenvalue weighted by Crippen LogP contribution is 2.32. The number of thiophene rings is 1. The standard InChI is InChI=1S/C17H20O2S/c1-2-14-8-9-15(20-14)11-19-13-7-6-12-4-3-5-17(18)16(12)10-13/h6-10,17-18H,2-5,11H2,1H3/t17-/m0/s1. The summed E-state index contributed by atoms with van der Waals surface area (Å²) in [6.07, 6.45) is 3.76. The summed E-state index contributed by atoms with van der Waals surface area (Å²) >= 11 is 1.81. The third-order valence-electron chi connectivity index (χ3n) is 3.85. The fourth-order valence-electron chi connectivity index (χ4n) is 2.69. The van der Waals surface area contributed by atoms with Crippen molar-refractivity contribution in [2.45, 2.75) is 45.3 Å². The topological polar surface area (TPSA) is 29.5 Å². The van der Waals surface area contributed by atoms with Gasteiger partial charge in [0.2, 0.25) is 0 Å². The Morgan fingerprint density at radius 1 is 1.25 bits per heavy atom. The van der Waals surface area contributed by atoms with Gasteiger partial charge in [-0.1, -0.05) is 13.0 Å². The molecule has 2 nitrogen and oxygen atoms in total. The summed E-state index contributed by atoms with van der Waals surface area (Å²) in [5.74, 6) is 0.858. The number of hydrogen-bond donors (Lipinski definition) is 1. The predicted molar refractivity (Wildman–Crippen MR) is 82.4 cm³/mol. The summed E-state index contributed by atoms with van der Waals surface area (Å²) in [4.78, 5) is 2.64. The quantitative estimate of drug-likeness (QED) is 0.911. The summed E-state index contributed by atoms with van der Waals surface area (Å²) in [6, 6.07) is 10.4. The molecule has 0 fully saturated rings. The van der Waals surface area contributed by atoms with E-state index in [1.54, 1.807) is 0 Å². The van der Waals surface area contributed by atoms with Crippen molar-refractivity contribution in [3.63, 3.8) is 0 Å². The van der Waals surface area contributed by atoms with Gasteiger partial charge in [0.25, 0.3) is 0 Å². The Hall–Kier alpha value is -1.32. The lowest BCUT2D eigenvalue weighted by molar-refractivity contribution is 0.156. The van der Waals surface area contributed by atoms with Gasteiger partial charge >= 0.3 is 0 Å². The highest BCUT2D eigenvalue weighted by molar-refractivity contribution is 7.11. The Labute approximate surface area is 124 Å². The smallest absolute Gasteiger partial charge is 0.122 e. The molecule has 0 amide bonds. The van der Waals surface area contributed by atoms with Crippen molar-refractivity contribution in [2.24, 2.45) is 0 Å². The molecule has 20 heavy (non-hydrogen) atoms. The fraction of sp³-hybridized carbons (Fsp3) is 0.412. The number of aliphatic hydroxyl groups is 1. The van der Waals surface area contributed by atoms with Crippen LogP contribution < -0.4 is 4.74 Å². The average molecular weight is 288 g/mol. The molecule has 0 spiro atoms. The van der Waals surface area contributed by atoms with E-state index < -0.39 is 0 Å². The van der Waals surface area contributed by atoms with Crippen LogP contribution in [0.4, 0.5) is 0 Å². The maximum Gasteiger partial charge on any atom is 0.122 e. The minimum Gasteiger partial charge on any atom is -0.488 e. The number of ether oxygens (including phenoxy) is 1. The molecule has 1 heterocycles. The molecular formula is C17H20O2S. The minimum atomic E-state index is -0.323. The first-order valence-electron chi connectivity index (χ1n) is 7.27. The number of rotatable bonds is 4. The van der Waals surface area contributed by atoms with Gasteiger partial charge in [0.15, 0.2) is 0 Å². The summed E-state index contributed by atoms with van der Waals surface area (Å²) in [7, 11) is 0. The van der Waals surface area contributed by atoms with Crippen LogP contribution in [-0.2, 0) is 19.4 Å². The molecule has 1 aromatic carbocycles. The molecule has 0 unspecified atom stereocenters. The number of benzene rings is 1. The first-order chi connectivity index (χ1) is 9.76. The van der Waals surface area contributed by atoms with E-state index in [0.29, 0.717) is 6.61 Å². The van der Waals surface area contributed by atoms with Gasteiger partial charge in [-0.2, -0.15) is 0 Å². The van der Waals surface area contributed by atoms with Gasteiger partial charge in [-0.15, -0.1) is 11.3 Å². The van der Waals surface area contributed by atoms with Gasteiger partial charge in [-0.05, 0) is 61.1 Å². The zero-order chi connectivity index (χ0) is 13.9. The normalized spacial score (nSPS) is 17.8. The van der Waals surface area contributed by atoms with Crippen molar-refractivity contribution < 1.29 is 9.84 Å². The lowest BCUT2D eigenvalue weighted by Gasteiger charge is -2.21. The van der Waals surface area contributed by atoms with Gasteiger partial charge < -0.3 is 9.84 Å². The molecule has 3 rings (SSSR count). The molecule has 0 saturated carbocycles. The van der Waals surface area contributed by atoms with Crippen molar-refractivity contribution >= 4 is 11.3 Å². The molecule has 1 N–H and O–H groups in total. The van der Waals surface area contributed by atoms with Crippen LogP contribution >= 0.6 is 11.3 Å². The van der Waals surface area contributed by atoms with E-state index in [2.05, 4.69) is 25.1 Å². The Morgan fingerprint density at radius 3 is 2.90 bits per heavy atom. The second-order valence-electron chi connectivity index (χ2n) is 5.28. The van der Waals surface area contributed by atoms with Gasteiger partial charge in [0.05, 0.1) is 6.10 Å². The van der Waals surface area contributed by atoms with Crippen molar-refractivity contribution in [3.05, 3.63) is 51.2 Å². The molecule has 3 heteroatoms. The van der Waals surface area contributed by atoms with E-state index in [9.17, 15) is 5.11 Å². The van der Waals surface area contributed by atoms with Gasteiger partial charge in [-0.3, -0.25) is 0 Å². The van der Waals surface area contributed by atoms with Crippen LogP contribution in [0.15, 0.2) is 30.3 Å². The van der Waals surface area contributed by atoms with Gasteiger partial charge in [0.1, 0.15) is 12.4 Å².